The van der Waals surface area contributed by atoms with Gasteiger partial charge in [-0.1, -0.05) is 112 Å². The fourth-order valence-electron chi connectivity index (χ4n) is 11.9. The van der Waals surface area contributed by atoms with Crippen LogP contribution in [0.15, 0.2) is 94.9 Å². The monoisotopic (exact) mass is 1200 g/mol. The Kier molecular flexibility index (Phi) is 19.9. The van der Waals surface area contributed by atoms with Crippen LogP contribution in [0.2, 0.25) is 20.1 Å². The minimum atomic E-state index is -0.971. The quantitative estimate of drug-likeness (QED) is 0.104. The van der Waals surface area contributed by atoms with E-state index in [2.05, 4.69) is 52.2 Å². The van der Waals surface area contributed by atoms with Crippen LogP contribution in [0.4, 0.5) is 0 Å². The second-order valence-electron chi connectivity index (χ2n) is 25.4. The predicted molar refractivity (Wildman–Crippen MR) is 325 cm³/mol. The third-order valence-electron chi connectivity index (χ3n) is 16.4. The molecule has 440 valence electrons. The van der Waals surface area contributed by atoms with Crippen LogP contribution >= 0.6 is 46.4 Å². The Labute approximate surface area is 503 Å². The number of amides is 4. The highest BCUT2D eigenvalue weighted by molar-refractivity contribution is 6.48. The van der Waals surface area contributed by atoms with Crippen molar-refractivity contribution in [2.24, 2.45) is 32.7 Å². The Morgan fingerprint density at radius 3 is 1.21 bits per heavy atom. The number of ether oxygens (including phenoxy) is 1. The number of hydrogen-bond donors (Lipinski definition) is 3. The summed E-state index contributed by atoms with van der Waals surface area (Å²) >= 11 is 25.2. The number of carbonyl (C=O) groups is 6. The van der Waals surface area contributed by atoms with Crippen LogP contribution in [-0.2, 0) is 23.9 Å². The Bertz CT molecular complexity index is 3070. The van der Waals surface area contributed by atoms with Crippen molar-refractivity contribution in [1.82, 2.24) is 20.4 Å². The standard InChI is InChI=1S/C34H43Cl2N3O4.C30H35Cl2N3O4/c1-21(22-8-10-23(11-9-22)30(41)37-17-14-28(40)43-33(5,6)7)39-31(42)29(24-18-26(35)20-27(36)19-24)38-34(39)15-12-25(13-16-34)32(2,3)4;1-18(19-5-7-20(8-6-19)27(38)33-14-11-25(36)37)35-28(39)26(21-15-23(31)17-24(32)16-21)34-30(35)12-9-22(10-13-30)29(2,3)4/h8-11,18-21,25H,12-17H2,1-7H3,(H,37,41);5-8,15-18,22H,9-14H2,1-4H3,(H,33,38)(H,36,37)/t21-,25?,34?;18-,22?,30?/m11/s1. The van der Waals surface area contributed by atoms with Gasteiger partial charge < -0.3 is 30.3 Å². The van der Waals surface area contributed by atoms with E-state index in [9.17, 15) is 28.8 Å². The molecule has 2 heterocycles. The molecular weight excluding hydrogens is 1120 g/mol. The van der Waals surface area contributed by atoms with Crippen LogP contribution in [0.25, 0.3) is 0 Å². The number of carboxylic acids is 1. The van der Waals surface area contributed by atoms with Crippen molar-refractivity contribution in [1.29, 1.82) is 0 Å². The zero-order valence-electron chi connectivity index (χ0n) is 49.0. The molecule has 2 aliphatic heterocycles. The lowest BCUT2D eigenvalue weighted by Gasteiger charge is -2.46. The van der Waals surface area contributed by atoms with Crippen LogP contribution in [-0.4, -0.2) is 91.9 Å². The van der Waals surface area contributed by atoms with E-state index in [1.165, 1.54) is 0 Å². The topological polar surface area (TPSA) is 187 Å². The molecule has 0 saturated heterocycles. The van der Waals surface area contributed by atoms with E-state index in [1.807, 2.05) is 47.9 Å². The molecule has 3 N–H and O–H groups in total. The van der Waals surface area contributed by atoms with Gasteiger partial charge in [-0.3, -0.25) is 38.8 Å². The van der Waals surface area contributed by atoms with Gasteiger partial charge in [0.05, 0.1) is 24.9 Å². The number of nitrogens with one attached hydrogen (secondary N) is 2. The maximum atomic E-state index is 14.1. The lowest BCUT2D eigenvalue weighted by Crippen LogP contribution is -2.50. The van der Waals surface area contributed by atoms with Gasteiger partial charge in [0.2, 0.25) is 0 Å². The minimum absolute atomic E-state index is 0.0559. The number of carbonyl (C=O) groups excluding carboxylic acids is 5. The fraction of sp³-hybridized carbons (Fsp3) is 0.500. The number of hydrogen-bond acceptors (Lipinski definition) is 9. The summed E-state index contributed by atoms with van der Waals surface area (Å²) in [7, 11) is 0. The van der Waals surface area contributed by atoms with Crippen molar-refractivity contribution in [2.75, 3.05) is 13.1 Å². The lowest BCUT2D eigenvalue weighted by molar-refractivity contribution is -0.154. The molecule has 4 amide bonds. The highest BCUT2D eigenvalue weighted by Crippen LogP contribution is 2.51. The van der Waals surface area contributed by atoms with Gasteiger partial charge in [-0.05, 0) is 180 Å². The summed E-state index contributed by atoms with van der Waals surface area (Å²) < 4.78 is 5.30. The first-order valence-corrected chi connectivity index (χ1v) is 29.8. The van der Waals surface area contributed by atoms with Crippen LogP contribution in [0.1, 0.15) is 195 Å². The average molecular weight is 1200 g/mol. The third kappa shape index (κ3) is 15.3. The summed E-state index contributed by atoms with van der Waals surface area (Å²) in [5.41, 5.74) is 3.10. The maximum Gasteiger partial charge on any atom is 0.308 e. The molecule has 2 atom stereocenters. The highest BCUT2D eigenvalue weighted by Gasteiger charge is 2.54. The Balaban J connectivity index is 0.000000237. The van der Waals surface area contributed by atoms with Crippen molar-refractivity contribution < 1.29 is 38.6 Å². The van der Waals surface area contributed by atoms with E-state index in [-0.39, 0.29) is 78.4 Å². The molecule has 4 aromatic carbocycles. The fourth-order valence-corrected chi connectivity index (χ4v) is 13.0. The number of aliphatic imine (C=N–C) groups is 2. The first-order valence-electron chi connectivity index (χ1n) is 28.3. The van der Waals surface area contributed by atoms with Gasteiger partial charge in [-0.25, -0.2) is 0 Å². The Hall–Kier alpha value is -5.80. The highest BCUT2D eigenvalue weighted by atomic mass is 35.5. The van der Waals surface area contributed by atoms with Crippen molar-refractivity contribution >= 4 is 93.4 Å². The van der Waals surface area contributed by atoms with Gasteiger partial charge in [-0.2, -0.15) is 0 Å². The smallest absolute Gasteiger partial charge is 0.308 e. The van der Waals surface area contributed by atoms with Crippen LogP contribution in [0, 0.1) is 22.7 Å². The Morgan fingerprint density at radius 2 is 0.902 bits per heavy atom. The number of aliphatic carboxylic acids is 1. The molecule has 2 saturated carbocycles. The van der Waals surface area contributed by atoms with Crippen LogP contribution in [0.3, 0.4) is 0 Å². The molecule has 2 spiro atoms. The molecule has 2 aliphatic carbocycles. The zero-order chi connectivity index (χ0) is 60.3. The summed E-state index contributed by atoms with van der Waals surface area (Å²) in [5, 5.41) is 16.0. The lowest BCUT2D eigenvalue weighted by atomic mass is 9.69. The number of halogens is 4. The van der Waals surface area contributed by atoms with Gasteiger partial charge in [0, 0.05) is 55.4 Å². The molecule has 8 rings (SSSR count). The molecule has 0 radical (unpaired) electrons. The summed E-state index contributed by atoms with van der Waals surface area (Å²) in [6.45, 7) is 23.2. The zero-order valence-corrected chi connectivity index (χ0v) is 52.0. The molecule has 2 fully saturated rings. The van der Waals surface area contributed by atoms with E-state index in [4.69, 9.17) is 66.2 Å². The van der Waals surface area contributed by atoms with E-state index in [0.29, 0.717) is 65.6 Å². The van der Waals surface area contributed by atoms with E-state index in [1.54, 1.807) is 81.4 Å². The second kappa shape index (κ2) is 25.6. The van der Waals surface area contributed by atoms with Crippen molar-refractivity contribution in [3.8, 4) is 0 Å². The maximum absolute atomic E-state index is 14.1. The number of nitrogens with zero attached hydrogens (tertiary/aromatic N) is 4. The van der Waals surface area contributed by atoms with E-state index >= 15 is 0 Å². The van der Waals surface area contributed by atoms with Gasteiger partial charge in [0.1, 0.15) is 28.4 Å². The van der Waals surface area contributed by atoms with Crippen LogP contribution < -0.4 is 10.6 Å². The first-order chi connectivity index (χ1) is 38.3. The summed E-state index contributed by atoms with van der Waals surface area (Å²) in [4.78, 5) is 90.1. The molecule has 18 heteroatoms. The number of benzene rings is 4. The van der Waals surface area contributed by atoms with E-state index in [0.717, 1.165) is 62.5 Å². The van der Waals surface area contributed by atoms with Crippen molar-refractivity contribution in [3.63, 3.8) is 0 Å². The minimum Gasteiger partial charge on any atom is -0.481 e. The van der Waals surface area contributed by atoms with E-state index < -0.39 is 22.9 Å². The predicted octanol–water partition coefficient (Wildman–Crippen LogP) is 14.3. The average Bonchev–Trinajstić information content (AvgIpc) is 4.04. The normalized spacial score (nSPS) is 21.8. The molecule has 0 unspecified atom stereocenters. The summed E-state index contributed by atoms with van der Waals surface area (Å²) in [6.07, 6.45) is 6.85. The SMILES string of the molecule is C[C@H](c1ccc(C(=O)NCCC(=O)O)cc1)N1C(=O)C(c2cc(Cl)cc(Cl)c2)=NC12CCC(C(C)(C)C)CC2.C[C@H](c1ccc(C(=O)NCCC(=O)OC(C)(C)C)cc1)N1C(=O)C(c2cc(Cl)cc(Cl)c2)=NC12CCC(C(C)(C)C)CC2. The molecule has 0 bridgehead atoms. The van der Waals surface area contributed by atoms with Crippen LogP contribution in [0.5, 0.6) is 0 Å². The number of esters is 1. The molecule has 4 aromatic rings. The second-order valence-corrected chi connectivity index (χ2v) is 27.2. The largest absolute Gasteiger partial charge is 0.481 e. The van der Waals surface area contributed by atoms with Gasteiger partial charge in [-0.15, -0.1) is 0 Å². The third-order valence-corrected chi connectivity index (χ3v) is 17.3. The van der Waals surface area contributed by atoms with Crippen molar-refractivity contribution in [2.45, 2.75) is 169 Å². The van der Waals surface area contributed by atoms with Gasteiger partial charge in [0.15, 0.2) is 0 Å². The summed E-state index contributed by atoms with van der Waals surface area (Å²) in [6, 6.07) is 23.9. The molecular formula is C64H78Cl4N6O8. The van der Waals surface area contributed by atoms with Crippen molar-refractivity contribution in [3.05, 3.63) is 138 Å². The Morgan fingerprint density at radius 1 is 0.573 bits per heavy atom. The molecule has 82 heavy (non-hydrogen) atoms. The summed E-state index contributed by atoms with van der Waals surface area (Å²) in [5.74, 6) is -1.18. The van der Waals surface area contributed by atoms with Gasteiger partial charge in [0.25, 0.3) is 23.6 Å². The first kappa shape index (κ1) is 63.8. The molecule has 14 nitrogen and oxygen atoms in total. The number of rotatable bonds is 14. The van der Waals surface area contributed by atoms with Gasteiger partial charge >= 0.3 is 11.9 Å². The number of carboxylic acid groups (broad SMARTS) is 1. The molecule has 4 aliphatic rings. The molecule has 0 aromatic heterocycles.